The summed E-state index contributed by atoms with van der Waals surface area (Å²) >= 11 is 0. The van der Waals surface area contributed by atoms with Gasteiger partial charge < -0.3 is 9.80 Å². The molecule has 0 aliphatic heterocycles. The molecule has 0 N–H and O–H groups in total. The fourth-order valence-electron chi connectivity index (χ4n) is 13.2. The number of halogens is 2. The molecule has 12 aromatic rings. The van der Waals surface area contributed by atoms with Crippen LogP contribution in [0.5, 0.6) is 0 Å². The van der Waals surface area contributed by atoms with E-state index in [1.165, 1.54) is 31.1 Å². The first kappa shape index (κ1) is 64.5. The average molecular weight is 1310 g/mol. The van der Waals surface area contributed by atoms with Gasteiger partial charge in [0, 0.05) is 33.3 Å². The van der Waals surface area contributed by atoms with Crippen molar-refractivity contribution >= 4 is 146 Å². The van der Waals surface area contributed by atoms with Gasteiger partial charge in [-0.1, -0.05) is 307 Å². The van der Waals surface area contributed by atoms with Gasteiger partial charge in [-0.2, -0.15) is 0 Å². The Labute approximate surface area is 553 Å². The molecule has 0 atom stereocenters. The van der Waals surface area contributed by atoms with Crippen LogP contribution in [0.2, 0.25) is 118 Å². The predicted octanol–water partition coefficient (Wildman–Crippen LogP) is 21.7. The zero-order valence-corrected chi connectivity index (χ0v) is 63.4. The molecule has 0 saturated heterocycles. The molecule has 2 nitrogen and oxygen atoms in total. The minimum Gasteiger partial charge on any atom is -0.307 e. The second kappa shape index (κ2) is 23.8. The van der Waals surface area contributed by atoms with Gasteiger partial charge in [-0.15, -0.1) is 0 Å². The molecule has 0 unspecified atom stereocenters. The van der Waals surface area contributed by atoms with Crippen molar-refractivity contribution in [1.29, 1.82) is 0 Å². The first-order valence-corrected chi connectivity index (χ1v) is 53.8. The van der Waals surface area contributed by atoms with Gasteiger partial charge in [0.1, 0.15) is 11.6 Å². The number of rotatable bonds is 16. The van der Waals surface area contributed by atoms with Crippen molar-refractivity contribution in [3.63, 3.8) is 0 Å². The molecule has 10 heteroatoms. The summed E-state index contributed by atoms with van der Waals surface area (Å²) in [6.45, 7) is 42.7. The van der Waals surface area contributed by atoms with Crippen LogP contribution in [0, 0.1) is 11.6 Å². The van der Waals surface area contributed by atoms with E-state index >= 15 is 8.78 Å². The van der Waals surface area contributed by atoms with Crippen molar-refractivity contribution in [2.24, 2.45) is 0 Å². The van der Waals surface area contributed by atoms with Gasteiger partial charge in [0.15, 0.2) is 0 Å². The third-order valence-corrected chi connectivity index (χ3v) is 31.3. The van der Waals surface area contributed by atoms with Crippen LogP contribution in [0.4, 0.5) is 42.9 Å². The molecule has 0 heterocycles. The van der Waals surface area contributed by atoms with Crippen LogP contribution in [-0.4, -0.2) is 48.4 Å². The van der Waals surface area contributed by atoms with Crippen molar-refractivity contribution in [2.75, 3.05) is 9.80 Å². The maximum atomic E-state index is 18.6. The van der Waals surface area contributed by atoms with Crippen LogP contribution in [0.1, 0.15) is 0 Å². The van der Waals surface area contributed by atoms with Gasteiger partial charge in [0.2, 0.25) is 0 Å². The summed E-state index contributed by atoms with van der Waals surface area (Å²) in [7, 11) is -10.0. The van der Waals surface area contributed by atoms with E-state index in [0.717, 1.165) is 99.6 Å². The Kier molecular flexibility index (Phi) is 16.7. The Morgan fingerprint density at radius 1 is 0.239 bits per heavy atom. The maximum Gasteiger partial charge on any atom is 0.148 e. The van der Waals surface area contributed by atoms with Crippen LogP contribution in [-0.2, 0) is 0 Å². The highest BCUT2D eigenvalue weighted by Crippen LogP contribution is 2.52. The highest BCUT2D eigenvalue weighted by molar-refractivity contribution is 6.91. The van der Waals surface area contributed by atoms with E-state index in [4.69, 9.17) is 0 Å². The molecule has 0 aliphatic rings. The number of hydrogen-bond acceptors (Lipinski definition) is 2. The molecular weight excluding hydrogens is 1220 g/mol. The molecule has 0 amide bonds. The lowest BCUT2D eigenvalue weighted by molar-refractivity contribution is 0.629. The number of nitrogens with zero attached hydrogens (tertiary/aromatic N) is 2. The van der Waals surface area contributed by atoms with Crippen molar-refractivity contribution in [1.82, 2.24) is 0 Å². The summed E-state index contributed by atoms with van der Waals surface area (Å²) < 4.78 is 37.3. The molecule has 0 fully saturated rings. The Balaban J connectivity index is 1.12. The molecule has 12 rings (SSSR count). The lowest BCUT2D eigenvalue weighted by Gasteiger charge is -2.32. The number of hydrogen-bond donors (Lipinski definition) is 0. The second-order valence-corrected chi connectivity index (χ2v) is 62.3. The fourth-order valence-corrected chi connectivity index (χ4v) is 20.2. The van der Waals surface area contributed by atoms with Gasteiger partial charge in [-0.3, -0.25) is 0 Å². The van der Waals surface area contributed by atoms with Gasteiger partial charge >= 0.3 is 0 Å². The predicted molar refractivity (Wildman–Crippen MR) is 419 cm³/mol. The van der Waals surface area contributed by atoms with Crippen molar-refractivity contribution in [3.05, 3.63) is 230 Å². The largest absolute Gasteiger partial charge is 0.307 e. The van der Waals surface area contributed by atoms with Crippen molar-refractivity contribution < 1.29 is 8.78 Å². The molecule has 12 aromatic carbocycles. The summed E-state index contributed by atoms with van der Waals surface area (Å²) in [6, 6.07) is 79.1. The average Bonchev–Trinajstić information content (AvgIpc) is 0.724. The number of anilines is 6. The first-order chi connectivity index (χ1) is 43.2. The van der Waals surface area contributed by atoms with Crippen LogP contribution in [0.25, 0.3) is 76.8 Å². The lowest BCUT2D eigenvalue weighted by Crippen LogP contribution is -2.37. The quantitative estimate of drug-likeness (QED) is 0.0703. The first-order valence-electron chi connectivity index (χ1n) is 32.8. The van der Waals surface area contributed by atoms with Crippen LogP contribution in [0.15, 0.2) is 218 Å². The third kappa shape index (κ3) is 12.6. The minimum absolute atomic E-state index is 0.304. The standard InChI is InChI=1S/C82H90F2N2Si6/c1-87(2,3)65-35-19-55(20-36-65)61-51-73(57-23-39-67(40-24-57)89(7,8)9)81(75(83)53-61)85(63-31-43-69(44-32-63)91(13,14)15)77-49-29-59-28-48-72-78(50-30-60-27-47-71(77)79(59)80(60)72)86(64-33-45-70(46-34-64)92(16,17)18)82-74(58-25-41-68(42-26-58)90(10,11)12)52-62(54-76(82)84)56-21-37-66(38-22-56)88(4,5)6/h19-54H,1-18H3. The maximum absolute atomic E-state index is 18.6. The van der Waals surface area contributed by atoms with Gasteiger partial charge in [-0.05, 0) is 116 Å². The summed E-state index contributed by atoms with van der Waals surface area (Å²) in [4.78, 5) is 4.38. The molecule has 0 radical (unpaired) electrons. The Bertz CT molecular complexity index is 4410. The molecule has 0 bridgehead atoms. The normalized spacial score (nSPS) is 12.8. The highest BCUT2D eigenvalue weighted by Gasteiger charge is 2.31. The molecule has 466 valence electrons. The van der Waals surface area contributed by atoms with Crippen LogP contribution < -0.4 is 40.9 Å². The monoisotopic (exact) mass is 1310 g/mol. The van der Waals surface area contributed by atoms with E-state index in [1.807, 2.05) is 0 Å². The highest BCUT2D eigenvalue weighted by atomic mass is 28.3. The summed E-state index contributed by atoms with van der Waals surface area (Å²) in [6.07, 6.45) is 0. The smallest absolute Gasteiger partial charge is 0.148 e. The zero-order chi connectivity index (χ0) is 65.8. The Morgan fingerprint density at radius 2 is 0.478 bits per heavy atom. The molecule has 0 aromatic heterocycles. The summed E-state index contributed by atoms with van der Waals surface area (Å²) in [5, 5.41) is 14.3. The van der Waals surface area contributed by atoms with E-state index in [1.54, 1.807) is 12.1 Å². The van der Waals surface area contributed by atoms with Gasteiger partial charge in [-0.25, -0.2) is 8.78 Å². The van der Waals surface area contributed by atoms with E-state index in [0.29, 0.717) is 11.4 Å². The Hall–Kier alpha value is -7.56. The lowest BCUT2D eigenvalue weighted by atomic mass is 9.90. The van der Waals surface area contributed by atoms with Gasteiger partial charge in [0.05, 0.1) is 71.2 Å². The third-order valence-electron chi connectivity index (χ3n) is 18.9. The van der Waals surface area contributed by atoms with Crippen molar-refractivity contribution in [2.45, 2.75) is 118 Å². The second-order valence-electron chi connectivity index (χ2n) is 31.9. The summed E-state index contributed by atoms with van der Waals surface area (Å²) in [5.74, 6) is -0.608. The number of benzene rings is 12. The van der Waals surface area contributed by atoms with Gasteiger partial charge in [0.25, 0.3) is 0 Å². The topological polar surface area (TPSA) is 6.48 Å². The van der Waals surface area contributed by atoms with Crippen LogP contribution in [0.3, 0.4) is 0 Å². The SMILES string of the molecule is C[Si](C)(C)c1ccc(-c2cc(F)c(N(c3ccc([Si](C)(C)C)cc3)c3ccc4ccc5c(N(c6ccc([Si](C)(C)C)cc6)c6c(F)cc(-c7ccc([Si](C)(C)C)cc7)cc6-c6ccc([Si](C)(C)C)cc6)ccc6ccc3c4c65)c(-c3ccc([Si](C)(C)C)cc3)c2)cc1. The van der Waals surface area contributed by atoms with E-state index in [-0.39, 0.29) is 11.6 Å². The molecule has 92 heavy (non-hydrogen) atoms. The van der Waals surface area contributed by atoms with Crippen molar-refractivity contribution in [3.8, 4) is 44.5 Å². The van der Waals surface area contributed by atoms with E-state index < -0.39 is 48.4 Å². The fraction of sp³-hybridized carbons (Fsp3) is 0.220. The molecule has 0 saturated carbocycles. The van der Waals surface area contributed by atoms with Crippen LogP contribution >= 0.6 is 0 Å². The molecular formula is C82H90F2N2Si6. The molecule has 0 aliphatic carbocycles. The Morgan fingerprint density at radius 3 is 0.739 bits per heavy atom. The molecule has 0 spiro atoms. The minimum atomic E-state index is -1.74. The van der Waals surface area contributed by atoms with E-state index in [2.05, 4.69) is 334 Å². The summed E-state index contributed by atoms with van der Waals surface area (Å²) in [5.41, 5.74) is 11.7. The van der Waals surface area contributed by atoms with E-state index in [9.17, 15) is 0 Å². The zero-order valence-electron chi connectivity index (χ0n) is 57.4.